The van der Waals surface area contributed by atoms with Crippen LogP contribution >= 0.6 is 11.3 Å². The minimum absolute atomic E-state index is 0.117. The van der Waals surface area contributed by atoms with Crippen molar-refractivity contribution in [2.45, 2.75) is 18.9 Å². The molecular weight excluding hydrogens is 518 g/mol. The van der Waals surface area contributed by atoms with Crippen LogP contribution in [0.1, 0.15) is 24.4 Å². The number of carbonyl (C=O) groups is 2. The summed E-state index contributed by atoms with van der Waals surface area (Å²) in [6.45, 7) is 0. The second kappa shape index (κ2) is 11.2. The number of thiazole rings is 1. The maximum absolute atomic E-state index is 13.8. The van der Waals surface area contributed by atoms with Crippen LogP contribution in [0.5, 0.6) is 23.0 Å². The Labute approximate surface area is 230 Å². The van der Waals surface area contributed by atoms with Crippen molar-refractivity contribution in [3.05, 3.63) is 66.2 Å². The highest BCUT2D eigenvalue weighted by atomic mass is 32.1. The number of anilines is 2. The number of aromatic nitrogens is 1. The van der Waals surface area contributed by atoms with E-state index in [0.29, 0.717) is 40.2 Å². The number of piperidine rings is 1. The lowest BCUT2D eigenvalue weighted by Gasteiger charge is -2.41. The van der Waals surface area contributed by atoms with E-state index < -0.39 is 12.0 Å². The Morgan fingerprint density at radius 2 is 1.64 bits per heavy atom. The van der Waals surface area contributed by atoms with E-state index in [1.165, 1.54) is 32.7 Å². The Hall–Kier alpha value is -4.31. The van der Waals surface area contributed by atoms with Crippen LogP contribution in [0.4, 0.5) is 10.8 Å². The van der Waals surface area contributed by atoms with E-state index in [4.69, 9.17) is 18.9 Å². The highest BCUT2D eigenvalue weighted by Gasteiger charge is 2.42. The zero-order chi connectivity index (χ0) is 27.5. The van der Waals surface area contributed by atoms with Gasteiger partial charge in [-0.25, -0.2) is 4.98 Å². The summed E-state index contributed by atoms with van der Waals surface area (Å²) in [5.41, 5.74) is 2.15. The van der Waals surface area contributed by atoms with Crippen LogP contribution < -0.4 is 29.2 Å². The summed E-state index contributed by atoms with van der Waals surface area (Å²) < 4.78 is 22.9. The summed E-state index contributed by atoms with van der Waals surface area (Å²) in [6, 6.07) is 18.0. The number of nitrogens with one attached hydrogen (secondary N) is 1. The first-order chi connectivity index (χ1) is 19.0. The zero-order valence-electron chi connectivity index (χ0n) is 22.1. The summed E-state index contributed by atoms with van der Waals surface area (Å²) in [5.74, 6) is 1.04. The lowest BCUT2D eigenvalue weighted by atomic mass is 9.83. The van der Waals surface area contributed by atoms with Crippen molar-refractivity contribution in [2.24, 2.45) is 5.92 Å². The predicted octanol–water partition coefficient (Wildman–Crippen LogP) is 5.45. The predicted molar refractivity (Wildman–Crippen MR) is 150 cm³/mol. The van der Waals surface area contributed by atoms with Crippen LogP contribution in [0.2, 0.25) is 0 Å². The van der Waals surface area contributed by atoms with Crippen molar-refractivity contribution in [3.8, 4) is 23.0 Å². The van der Waals surface area contributed by atoms with Gasteiger partial charge in [-0.15, -0.1) is 0 Å². The first-order valence-electron chi connectivity index (χ1n) is 12.4. The summed E-state index contributed by atoms with van der Waals surface area (Å²) >= 11 is 1.42. The number of methoxy groups -OCH3 is 4. The number of amides is 2. The van der Waals surface area contributed by atoms with Crippen molar-refractivity contribution in [3.63, 3.8) is 0 Å². The largest absolute Gasteiger partial charge is 0.497 e. The lowest BCUT2D eigenvalue weighted by molar-refractivity contribution is -0.125. The molecule has 1 aliphatic heterocycles. The lowest BCUT2D eigenvalue weighted by Crippen LogP contribution is -2.47. The van der Waals surface area contributed by atoms with Crippen molar-refractivity contribution in [1.82, 2.24) is 4.98 Å². The van der Waals surface area contributed by atoms with Crippen LogP contribution in [-0.4, -0.2) is 45.2 Å². The fourth-order valence-corrected chi connectivity index (χ4v) is 5.85. The van der Waals surface area contributed by atoms with Gasteiger partial charge < -0.3 is 29.2 Å². The second-order valence-corrected chi connectivity index (χ2v) is 10.0. The molecule has 0 spiro atoms. The van der Waals surface area contributed by atoms with Crippen molar-refractivity contribution in [2.75, 3.05) is 38.7 Å². The average Bonchev–Trinajstić information content (AvgIpc) is 3.38. The zero-order valence-corrected chi connectivity index (χ0v) is 22.9. The fraction of sp³-hybridized carbons (Fsp3) is 0.276. The highest BCUT2D eigenvalue weighted by molar-refractivity contribution is 7.22. The Kier molecular flexibility index (Phi) is 7.56. The molecule has 5 rings (SSSR count). The first-order valence-corrected chi connectivity index (χ1v) is 13.2. The van der Waals surface area contributed by atoms with Gasteiger partial charge in [-0.1, -0.05) is 35.6 Å². The number of hydrogen-bond donors (Lipinski definition) is 1. The molecular formula is C29H29N3O6S. The van der Waals surface area contributed by atoms with Crippen molar-refractivity contribution < 1.29 is 28.5 Å². The average molecular weight is 548 g/mol. The monoisotopic (exact) mass is 547 g/mol. The summed E-state index contributed by atoms with van der Waals surface area (Å²) in [6.07, 6.45) is 0.578. The van der Waals surface area contributed by atoms with Gasteiger partial charge in [0.2, 0.25) is 17.6 Å². The molecule has 0 saturated carbocycles. The third-order valence-corrected chi connectivity index (χ3v) is 7.79. The SMILES string of the molecule is COc1ccc([C@H]2[C@H](C(=O)Nc3nc4ccccc4s3)CCC(=O)N2c2cc(OC)c(OC)c(OC)c2)cc1. The number of para-hydroxylation sites is 1. The maximum Gasteiger partial charge on any atom is 0.231 e. The maximum atomic E-state index is 13.8. The molecule has 4 aromatic rings. The van der Waals surface area contributed by atoms with Crippen molar-refractivity contribution >= 4 is 44.2 Å². The summed E-state index contributed by atoms with van der Waals surface area (Å²) in [4.78, 5) is 33.6. The molecule has 2 amide bonds. The molecule has 2 atom stereocenters. The molecule has 1 saturated heterocycles. The van der Waals surface area contributed by atoms with E-state index in [2.05, 4.69) is 10.3 Å². The summed E-state index contributed by atoms with van der Waals surface area (Å²) in [5, 5.41) is 3.53. The number of nitrogens with zero attached hydrogens (tertiary/aromatic N) is 2. The molecule has 10 heteroatoms. The van der Waals surface area contributed by atoms with E-state index in [9.17, 15) is 9.59 Å². The van der Waals surface area contributed by atoms with Gasteiger partial charge in [-0.3, -0.25) is 9.59 Å². The first kappa shape index (κ1) is 26.3. The van der Waals surface area contributed by atoms with E-state index >= 15 is 0 Å². The normalized spacial score (nSPS) is 17.1. The molecule has 0 unspecified atom stereocenters. The molecule has 0 radical (unpaired) electrons. The molecule has 1 N–H and O–H groups in total. The topological polar surface area (TPSA) is 99.2 Å². The minimum atomic E-state index is -0.602. The molecule has 0 bridgehead atoms. The fourth-order valence-electron chi connectivity index (χ4n) is 4.98. The molecule has 1 fully saturated rings. The van der Waals surface area contributed by atoms with E-state index in [-0.39, 0.29) is 18.2 Å². The van der Waals surface area contributed by atoms with Crippen LogP contribution in [0.15, 0.2) is 60.7 Å². The Bertz CT molecular complexity index is 1440. The molecule has 202 valence electrons. The van der Waals surface area contributed by atoms with E-state index in [1.54, 1.807) is 24.1 Å². The molecule has 9 nitrogen and oxygen atoms in total. The smallest absolute Gasteiger partial charge is 0.231 e. The summed E-state index contributed by atoms with van der Waals surface area (Å²) in [7, 11) is 6.16. The van der Waals surface area contributed by atoms with Gasteiger partial charge in [-0.2, -0.15) is 0 Å². The van der Waals surface area contributed by atoms with Crippen LogP contribution in [-0.2, 0) is 9.59 Å². The number of ether oxygens (including phenoxy) is 4. The molecule has 1 aromatic heterocycles. The van der Waals surface area contributed by atoms with Gasteiger partial charge in [0.15, 0.2) is 16.6 Å². The van der Waals surface area contributed by atoms with Crippen molar-refractivity contribution in [1.29, 1.82) is 0 Å². The Morgan fingerprint density at radius 3 is 2.26 bits per heavy atom. The van der Waals surface area contributed by atoms with Gasteiger partial charge in [0.1, 0.15) is 5.75 Å². The van der Waals surface area contributed by atoms with E-state index in [0.717, 1.165) is 15.8 Å². The number of benzene rings is 3. The quantitative estimate of drug-likeness (QED) is 0.313. The Morgan fingerprint density at radius 1 is 0.949 bits per heavy atom. The molecule has 1 aliphatic rings. The number of hydrogen-bond acceptors (Lipinski definition) is 8. The van der Waals surface area contributed by atoms with Gasteiger partial charge in [-0.05, 0) is 36.2 Å². The van der Waals surface area contributed by atoms with Gasteiger partial charge >= 0.3 is 0 Å². The second-order valence-electron chi connectivity index (χ2n) is 8.99. The standard InChI is InChI=1S/C29H29N3O6S/c1-35-19-11-9-17(10-12-19)26-20(28(34)31-29-30-21-7-5-6-8-24(21)39-29)13-14-25(33)32(26)18-15-22(36-2)27(38-4)23(16-18)37-3/h5-12,15-16,20,26H,13-14H2,1-4H3,(H,30,31,34)/t20-,26+/m1/s1. The van der Waals surface area contributed by atoms with Crippen LogP contribution in [0, 0.1) is 5.92 Å². The number of rotatable bonds is 8. The van der Waals surface area contributed by atoms with E-state index in [1.807, 2.05) is 48.5 Å². The highest BCUT2D eigenvalue weighted by Crippen LogP contribution is 2.46. The van der Waals surface area contributed by atoms with Crippen LogP contribution in [0.25, 0.3) is 10.2 Å². The van der Waals surface area contributed by atoms with Gasteiger partial charge in [0.05, 0.1) is 56.3 Å². The third kappa shape index (κ3) is 5.07. The molecule has 39 heavy (non-hydrogen) atoms. The third-order valence-electron chi connectivity index (χ3n) is 6.84. The number of fused-ring (bicyclic) bond motifs is 1. The van der Waals surface area contributed by atoms with Gasteiger partial charge in [0.25, 0.3) is 0 Å². The molecule has 3 aromatic carbocycles. The molecule has 0 aliphatic carbocycles. The number of carbonyl (C=O) groups excluding carboxylic acids is 2. The molecule has 2 heterocycles. The minimum Gasteiger partial charge on any atom is -0.497 e. The Balaban J connectivity index is 1.58. The van der Waals surface area contributed by atoms with Gasteiger partial charge in [0, 0.05) is 18.6 Å². The van der Waals surface area contributed by atoms with Crippen LogP contribution in [0.3, 0.4) is 0 Å².